The molecule has 0 aliphatic heterocycles. The van der Waals surface area contributed by atoms with E-state index >= 15 is 0 Å². The van der Waals surface area contributed by atoms with Crippen LogP contribution in [0, 0.1) is 0 Å². The van der Waals surface area contributed by atoms with Gasteiger partial charge in [0, 0.05) is 18.2 Å². The number of nitrogens with one attached hydrogen (secondary N) is 1. The molecule has 20 heavy (non-hydrogen) atoms. The zero-order chi connectivity index (χ0) is 14.8. The molecular formula is C16H25NO3. The molecule has 0 spiro atoms. The Bertz CT molecular complexity index is 393. The molecule has 1 unspecified atom stereocenters. The molecule has 0 aliphatic carbocycles. The molecule has 0 amide bonds. The van der Waals surface area contributed by atoms with Crippen LogP contribution in [0.25, 0.3) is 0 Å². The molecule has 112 valence electrons. The highest BCUT2D eigenvalue weighted by Crippen LogP contribution is 2.19. The molecule has 0 aromatic heterocycles. The van der Waals surface area contributed by atoms with E-state index < -0.39 is 6.10 Å². The second-order valence-corrected chi connectivity index (χ2v) is 4.94. The Morgan fingerprint density at radius 2 is 2.10 bits per heavy atom. The highest BCUT2D eigenvalue weighted by atomic mass is 16.5. The van der Waals surface area contributed by atoms with Crippen LogP contribution in [0.3, 0.4) is 0 Å². The van der Waals surface area contributed by atoms with Gasteiger partial charge in [-0.1, -0.05) is 38.1 Å². The van der Waals surface area contributed by atoms with Gasteiger partial charge in [-0.15, -0.1) is 6.58 Å². The molecule has 0 heterocycles. The van der Waals surface area contributed by atoms with Crippen molar-refractivity contribution in [1.82, 2.24) is 5.32 Å². The molecule has 0 saturated carbocycles. The maximum absolute atomic E-state index is 9.83. The molecule has 2 N–H and O–H groups in total. The minimum absolute atomic E-state index is 0.262. The lowest BCUT2D eigenvalue weighted by Crippen LogP contribution is -2.35. The fourth-order valence-corrected chi connectivity index (χ4v) is 1.63. The lowest BCUT2D eigenvalue weighted by atomic mass is 10.2. The number of rotatable bonds is 10. The lowest BCUT2D eigenvalue weighted by molar-refractivity contribution is 0.100. The third-order valence-electron chi connectivity index (χ3n) is 2.66. The second kappa shape index (κ2) is 9.53. The van der Waals surface area contributed by atoms with Gasteiger partial charge >= 0.3 is 0 Å². The summed E-state index contributed by atoms with van der Waals surface area (Å²) in [5.41, 5.74) is 0.971. The van der Waals surface area contributed by atoms with Crippen LogP contribution < -0.4 is 10.1 Å². The summed E-state index contributed by atoms with van der Waals surface area (Å²) in [5, 5.41) is 13.0. The highest BCUT2D eigenvalue weighted by Gasteiger charge is 2.08. The first-order chi connectivity index (χ1) is 9.63. The number of ether oxygens (including phenoxy) is 2. The number of hydrogen-bond acceptors (Lipinski definition) is 4. The largest absolute Gasteiger partial charge is 0.490 e. The normalized spacial score (nSPS) is 12.4. The minimum atomic E-state index is -0.528. The van der Waals surface area contributed by atoms with E-state index in [4.69, 9.17) is 9.47 Å². The Kier molecular flexibility index (Phi) is 7.95. The second-order valence-electron chi connectivity index (χ2n) is 4.94. The predicted molar refractivity (Wildman–Crippen MR) is 80.9 cm³/mol. The summed E-state index contributed by atoms with van der Waals surface area (Å²) >= 11 is 0. The quantitative estimate of drug-likeness (QED) is 0.509. The van der Waals surface area contributed by atoms with Gasteiger partial charge in [0.15, 0.2) is 0 Å². The van der Waals surface area contributed by atoms with E-state index in [1.165, 1.54) is 0 Å². The third-order valence-corrected chi connectivity index (χ3v) is 2.66. The zero-order valence-corrected chi connectivity index (χ0v) is 12.3. The Hall–Kier alpha value is -1.36. The average Bonchev–Trinajstić information content (AvgIpc) is 2.44. The zero-order valence-electron chi connectivity index (χ0n) is 12.3. The van der Waals surface area contributed by atoms with Gasteiger partial charge in [0.05, 0.1) is 13.2 Å². The van der Waals surface area contributed by atoms with Gasteiger partial charge in [0.2, 0.25) is 0 Å². The van der Waals surface area contributed by atoms with Crippen molar-refractivity contribution in [3.05, 3.63) is 42.5 Å². The van der Waals surface area contributed by atoms with Gasteiger partial charge in [-0.2, -0.15) is 0 Å². The van der Waals surface area contributed by atoms with Crippen LogP contribution in [0.2, 0.25) is 0 Å². The van der Waals surface area contributed by atoms with Crippen LogP contribution in [-0.2, 0) is 11.3 Å². The molecule has 0 radical (unpaired) electrons. The van der Waals surface area contributed by atoms with Crippen molar-refractivity contribution in [3.8, 4) is 5.75 Å². The van der Waals surface area contributed by atoms with Crippen LogP contribution in [0.5, 0.6) is 5.75 Å². The maximum Gasteiger partial charge on any atom is 0.124 e. The molecule has 0 aliphatic rings. The SMILES string of the molecule is C=CCOCc1ccccc1OCC(O)CNC(C)C. The highest BCUT2D eigenvalue weighted by molar-refractivity contribution is 5.32. The summed E-state index contributed by atoms with van der Waals surface area (Å²) in [7, 11) is 0. The lowest BCUT2D eigenvalue weighted by Gasteiger charge is -2.16. The number of hydrogen-bond donors (Lipinski definition) is 2. The van der Waals surface area contributed by atoms with Gasteiger partial charge in [-0.05, 0) is 6.07 Å². The molecule has 4 nitrogen and oxygen atoms in total. The first kappa shape index (κ1) is 16.7. The molecule has 0 fully saturated rings. The van der Waals surface area contributed by atoms with Gasteiger partial charge in [-0.25, -0.2) is 0 Å². The molecular weight excluding hydrogens is 254 g/mol. The summed E-state index contributed by atoms with van der Waals surface area (Å²) in [6.07, 6.45) is 1.18. The van der Waals surface area contributed by atoms with E-state index in [1.54, 1.807) is 6.08 Å². The van der Waals surface area contributed by atoms with Crippen molar-refractivity contribution in [3.63, 3.8) is 0 Å². The van der Waals surface area contributed by atoms with Crippen LogP contribution in [0.1, 0.15) is 19.4 Å². The number of para-hydroxylation sites is 1. The van der Waals surface area contributed by atoms with Gasteiger partial charge in [0.1, 0.15) is 18.5 Å². The molecule has 4 heteroatoms. The van der Waals surface area contributed by atoms with E-state index in [0.29, 0.717) is 25.8 Å². The first-order valence-corrected chi connectivity index (χ1v) is 6.94. The van der Waals surface area contributed by atoms with Gasteiger partial charge in [0.25, 0.3) is 0 Å². The van der Waals surface area contributed by atoms with Crippen LogP contribution in [-0.4, -0.2) is 37.0 Å². The number of aliphatic hydroxyl groups is 1. The topological polar surface area (TPSA) is 50.7 Å². The van der Waals surface area contributed by atoms with E-state index in [-0.39, 0.29) is 6.61 Å². The summed E-state index contributed by atoms with van der Waals surface area (Å²) in [6.45, 7) is 9.46. The molecule has 0 bridgehead atoms. The molecule has 1 atom stereocenters. The molecule has 0 saturated heterocycles. The van der Waals surface area contributed by atoms with Crippen molar-refractivity contribution in [2.75, 3.05) is 19.8 Å². The Morgan fingerprint density at radius 3 is 2.80 bits per heavy atom. The molecule has 1 aromatic carbocycles. The van der Waals surface area contributed by atoms with E-state index in [1.807, 2.05) is 38.1 Å². The fourth-order valence-electron chi connectivity index (χ4n) is 1.63. The van der Waals surface area contributed by atoms with Crippen LogP contribution in [0.15, 0.2) is 36.9 Å². The molecule has 1 aromatic rings. The summed E-state index contributed by atoms with van der Waals surface area (Å²) in [6, 6.07) is 8.04. The monoisotopic (exact) mass is 279 g/mol. The summed E-state index contributed by atoms with van der Waals surface area (Å²) < 4.78 is 11.1. The standard InChI is InChI=1S/C16H25NO3/c1-4-9-19-11-14-7-5-6-8-16(14)20-12-15(18)10-17-13(2)3/h4-8,13,15,17-18H,1,9-12H2,2-3H3. The Labute approximate surface area is 121 Å². The van der Waals surface area contributed by atoms with Crippen molar-refractivity contribution < 1.29 is 14.6 Å². The van der Waals surface area contributed by atoms with Crippen molar-refractivity contribution >= 4 is 0 Å². The summed E-state index contributed by atoms with van der Waals surface area (Å²) in [4.78, 5) is 0. The van der Waals surface area contributed by atoms with Crippen LogP contribution >= 0.6 is 0 Å². The Morgan fingerprint density at radius 1 is 1.35 bits per heavy atom. The maximum atomic E-state index is 9.83. The van der Waals surface area contributed by atoms with Crippen LogP contribution in [0.4, 0.5) is 0 Å². The van der Waals surface area contributed by atoms with Crippen molar-refractivity contribution in [2.24, 2.45) is 0 Å². The average molecular weight is 279 g/mol. The minimum Gasteiger partial charge on any atom is -0.490 e. The number of aliphatic hydroxyl groups excluding tert-OH is 1. The van der Waals surface area contributed by atoms with Crippen molar-refractivity contribution in [1.29, 1.82) is 0 Å². The smallest absolute Gasteiger partial charge is 0.124 e. The Balaban J connectivity index is 2.43. The molecule has 1 rings (SSSR count). The third kappa shape index (κ3) is 6.70. The van der Waals surface area contributed by atoms with Crippen molar-refractivity contribution in [2.45, 2.75) is 32.6 Å². The first-order valence-electron chi connectivity index (χ1n) is 6.94. The summed E-state index contributed by atoms with van der Waals surface area (Å²) in [5.74, 6) is 0.750. The fraction of sp³-hybridized carbons (Fsp3) is 0.500. The van der Waals surface area contributed by atoms with E-state index in [2.05, 4.69) is 11.9 Å². The predicted octanol–water partition coefficient (Wildman–Crippen LogP) is 2.13. The van der Waals surface area contributed by atoms with E-state index in [0.717, 1.165) is 11.3 Å². The van der Waals surface area contributed by atoms with Gasteiger partial charge in [-0.3, -0.25) is 0 Å². The number of benzene rings is 1. The van der Waals surface area contributed by atoms with E-state index in [9.17, 15) is 5.11 Å². The van der Waals surface area contributed by atoms with Gasteiger partial charge < -0.3 is 19.9 Å².